The van der Waals surface area contributed by atoms with Gasteiger partial charge in [0.2, 0.25) is 0 Å². The molecule has 0 atom stereocenters. The first-order valence-corrected chi connectivity index (χ1v) is 16.9. The molecule has 11 aromatic rings. The van der Waals surface area contributed by atoms with Crippen molar-refractivity contribution in [3.8, 4) is 17.1 Å². The second-order valence-corrected chi connectivity index (χ2v) is 12.9. The number of hydrogen-bond acceptors (Lipinski definition) is 0. The van der Waals surface area contributed by atoms with Crippen LogP contribution >= 0.6 is 0 Å². The molecular weight excluding hydrogens is 595 g/mol. The summed E-state index contributed by atoms with van der Waals surface area (Å²) in [6.45, 7) is 0. The summed E-state index contributed by atoms with van der Waals surface area (Å²) in [7, 11) is 0. The number of para-hydroxylation sites is 4. The van der Waals surface area contributed by atoms with Gasteiger partial charge in [0.1, 0.15) is 0 Å². The smallest absolute Gasteiger partial charge is 0.0562 e. The van der Waals surface area contributed by atoms with Gasteiger partial charge in [0.15, 0.2) is 0 Å². The lowest BCUT2D eigenvalue weighted by Crippen LogP contribution is -1.98. The summed E-state index contributed by atoms with van der Waals surface area (Å²) in [6, 6.07) is 64.2. The molecule has 0 saturated heterocycles. The molecule has 3 heterocycles. The molecule has 0 amide bonds. The van der Waals surface area contributed by atoms with Gasteiger partial charge in [-0.3, -0.25) is 0 Å². The Morgan fingerprint density at radius 3 is 1.43 bits per heavy atom. The van der Waals surface area contributed by atoms with Crippen molar-refractivity contribution in [1.29, 1.82) is 0 Å². The van der Waals surface area contributed by atoms with E-state index in [2.05, 4.69) is 190 Å². The Labute approximate surface area is 282 Å². The fourth-order valence-corrected chi connectivity index (χ4v) is 8.41. The van der Waals surface area contributed by atoms with Crippen LogP contribution in [0.4, 0.5) is 0 Å². The highest BCUT2D eigenvalue weighted by molar-refractivity contribution is 6.17. The van der Waals surface area contributed by atoms with Crippen LogP contribution in [0.2, 0.25) is 0 Å². The molecule has 0 aliphatic rings. The van der Waals surface area contributed by atoms with E-state index in [-0.39, 0.29) is 0 Å². The molecular formula is C46H29N3. The van der Waals surface area contributed by atoms with Crippen molar-refractivity contribution in [3.05, 3.63) is 176 Å². The minimum Gasteiger partial charge on any atom is -0.309 e. The largest absolute Gasteiger partial charge is 0.309 e. The average molecular weight is 624 g/mol. The quantitative estimate of drug-likeness (QED) is 0.186. The van der Waals surface area contributed by atoms with Crippen LogP contribution in [-0.2, 0) is 0 Å². The van der Waals surface area contributed by atoms with E-state index in [1.165, 1.54) is 93.3 Å². The maximum absolute atomic E-state index is 2.47. The third-order valence-corrected chi connectivity index (χ3v) is 10.4. The highest BCUT2D eigenvalue weighted by atomic mass is 15.0. The fraction of sp³-hybridized carbons (Fsp3) is 0. The summed E-state index contributed by atoms with van der Waals surface area (Å²) in [6.07, 6.45) is 0. The van der Waals surface area contributed by atoms with Crippen LogP contribution in [0.3, 0.4) is 0 Å². The van der Waals surface area contributed by atoms with E-state index in [4.69, 9.17) is 0 Å². The lowest BCUT2D eigenvalue weighted by molar-refractivity contribution is 1.17. The Kier molecular flexibility index (Phi) is 5.38. The zero-order valence-corrected chi connectivity index (χ0v) is 26.6. The van der Waals surface area contributed by atoms with Gasteiger partial charge < -0.3 is 13.7 Å². The van der Waals surface area contributed by atoms with E-state index in [0.717, 1.165) is 0 Å². The molecule has 0 saturated carbocycles. The van der Waals surface area contributed by atoms with Gasteiger partial charge >= 0.3 is 0 Å². The van der Waals surface area contributed by atoms with Crippen molar-refractivity contribution in [3.63, 3.8) is 0 Å². The van der Waals surface area contributed by atoms with Gasteiger partial charge in [-0.1, -0.05) is 115 Å². The zero-order valence-electron chi connectivity index (χ0n) is 26.6. The number of hydrogen-bond donors (Lipinski definition) is 0. The highest BCUT2D eigenvalue weighted by Crippen LogP contribution is 2.42. The van der Waals surface area contributed by atoms with Crippen molar-refractivity contribution in [2.75, 3.05) is 0 Å². The number of nitrogens with zero attached hydrogens (tertiary/aromatic N) is 3. The first-order chi connectivity index (χ1) is 24.3. The standard InChI is InChI=1S/C46H29N3/c1-2-15-32-30(13-1)14-11-24-38(32)48-42-23-10-6-19-36(42)46-44(48)25-12-26-45(46)49-41-22-9-5-18-35(41)37-29-31(27-28-43(37)49)47-39-20-7-3-16-33(39)34-17-4-8-21-40(34)47/h1-29H. The monoisotopic (exact) mass is 623 g/mol. The van der Waals surface area contributed by atoms with Gasteiger partial charge in [-0.25, -0.2) is 0 Å². The predicted molar refractivity (Wildman–Crippen MR) is 207 cm³/mol. The Balaban J connectivity index is 1.23. The Bertz CT molecular complexity index is 3060. The van der Waals surface area contributed by atoms with E-state index < -0.39 is 0 Å². The molecule has 0 unspecified atom stereocenters. The van der Waals surface area contributed by atoms with Crippen LogP contribution in [-0.4, -0.2) is 13.7 Å². The molecule has 0 radical (unpaired) electrons. The first-order valence-electron chi connectivity index (χ1n) is 16.9. The van der Waals surface area contributed by atoms with Crippen molar-refractivity contribution >= 4 is 76.2 Å². The molecule has 3 heteroatoms. The second-order valence-electron chi connectivity index (χ2n) is 12.9. The highest BCUT2D eigenvalue weighted by Gasteiger charge is 2.21. The molecule has 0 fully saturated rings. The Morgan fingerprint density at radius 1 is 0.265 bits per heavy atom. The molecule has 0 aliphatic carbocycles. The van der Waals surface area contributed by atoms with Gasteiger partial charge in [0, 0.05) is 43.4 Å². The summed E-state index contributed by atoms with van der Waals surface area (Å²) >= 11 is 0. The summed E-state index contributed by atoms with van der Waals surface area (Å²) in [4.78, 5) is 0. The number of benzene rings is 8. The average Bonchev–Trinajstić information content (AvgIpc) is 3.80. The SMILES string of the molecule is c1ccc2c(-n3c4ccccc4c4c(-n5c6ccccc6c6cc(-n7c8ccccc8c8ccccc87)ccc65)cccc43)cccc2c1. The number of fused-ring (bicyclic) bond motifs is 10. The molecule has 11 rings (SSSR count). The zero-order chi connectivity index (χ0) is 32.1. The van der Waals surface area contributed by atoms with E-state index in [9.17, 15) is 0 Å². The van der Waals surface area contributed by atoms with E-state index in [1.807, 2.05) is 0 Å². The maximum atomic E-state index is 2.47. The normalized spacial score (nSPS) is 12.1. The lowest BCUT2D eigenvalue weighted by atomic mass is 10.1. The molecule has 3 aromatic heterocycles. The van der Waals surface area contributed by atoms with Crippen LogP contribution in [0.15, 0.2) is 176 Å². The Morgan fingerprint density at radius 2 is 0.714 bits per heavy atom. The molecule has 0 bridgehead atoms. The number of aromatic nitrogens is 3. The van der Waals surface area contributed by atoms with Gasteiger partial charge in [-0.05, 0) is 66.0 Å². The topological polar surface area (TPSA) is 14.8 Å². The lowest BCUT2D eigenvalue weighted by Gasteiger charge is -2.13. The van der Waals surface area contributed by atoms with Crippen molar-refractivity contribution in [2.24, 2.45) is 0 Å². The molecule has 0 aliphatic heterocycles. The van der Waals surface area contributed by atoms with Crippen molar-refractivity contribution in [2.45, 2.75) is 0 Å². The minimum absolute atomic E-state index is 1.17. The van der Waals surface area contributed by atoms with Crippen LogP contribution in [0, 0.1) is 0 Å². The summed E-state index contributed by atoms with van der Waals surface area (Å²) in [5.74, 6) is 0. The van der Waals surface area contributed by atoms with Crippen LogP contribution in [0.5, 0.6) is 0 Å². The minimum atomic E-state index is 1.17. The molecule has 0 N–H and O–H groups in total. The third-order valence-electron chi connectivity index (χ3n) is 10.4. The predicted octanol–water partition coefficient (Wildman–Crippen LogP) is 12.1. The summed E-state index contributed by atoms with van der Waals surface area (Å²) < 4.78 is 7.34. The molecule has 3 nitrogen and oxygen atoms in total. The van der Waals surface area contributed by atoms with Crippen LogP contribution in [0.1, 0.15) is 0 Å². The van der Waals surface area contributed by atoms with Gasteiger partial charge in [-0.2, -0.15) is 0 Å². The fourth-order valence-electron chi connectivity index (χ4n) is 8.41. The van der Waals surface area contributed by atoms with Gasteiger partial charge in [-0.15, -0.1) is 0 Å². The van der Waals surface area contributed by atoms with Gasteiger partial charge in [0.25, 0.3) is 0 Å². The second kappa shape index (κ2) is 9.96. The van der Waals surface area contributed by atoms with E-state index >= 15 is 0 Å². The Hall–Kier alpha value is -6.58. The van der Waals surface area contributed by atoms with E-state index in [0.29, 0.717) is 0 Å². The maximum Gasteiger partial charge on any atom is 0.0562 e. The summed E-state index contributed by atoms with van der Waals surface area (Å²) in [5.41, 5.74) is 10.8. The summed E-state index contributed by atoms with van der Waals surface area (Å²) in [5, 5.41) is 10.0. The van der Waals surface area contributed by atoms with E-state index in [1.54, 1.807) is 0 Å². The van der Waals surface area contributed by atoms with Gasteiger partial charge in [0.05, 0.1) is 44.5 Å². The molecule has 49 heavy (non-hydrogen) atoms. The van der Waals surface area contributed by atoms with Crippen molar-refractivity contribution in [1.82, 2.24) is 13.7 Å². The first kappa shape index (κ1) is 26.5. The molecule has 8 aromatic carbocycles. The van der Waals surface area contributed by atoms with Crippen LogP contribution < -0.4 is 0 Å². The van der Waals surface area contributed by atoms with Crippen molar-refractivity contribution < 1.29 is 0 Å². The molecule has 0 spiro atoms. The third kappa shape index (κ3) is 3.62. The molecule has 228 valence electrons. The number of rotatable bonds is 3. The van der Waals surface area contributed by atoms with Crippen LogP contribution in [0.25, 0.3) is 93.3 Å².